The first-order chi connectivity index (χ1) is 15.1. The number of benzene rings is 2. The van der Waals surface area contributed by atoms with Gasteiger partial charge in [-0.2, -0.15) is 5.17 Å². The zero-order valence-corrected chi connectivity index (χ0v) is 17.8. The van der Waals surface area contributed by atoms with E-state index in [0.717, 1.165) is 28.3 Å². The summed E-state index contributed by atoms with van der Waals surface area (Å²) in [6.45, 7) is 4.53. The molecule has 7 heteroatoms. The van der Waals surface area contributed by atoms with Crippen molar-refractivity contribution < 1.29 is 9.23 Å². The van der Waals surface area contributed by atoms with Crippen molar-refractivity contribution in [1.82, 2.24) is 20.7 Å². The van der Waals surface area contributed by atoms with E-state index < -0.39 is 0 Å². The van der Waals surface area contributed by atoms with Gasteiger partial charge in [-0.1, -0.05) is 30.3 Å². The minimum absolute atomic E-state index is 0.0990. The molecule has 0 amide bonds. The van der Waals surface area contributed by atoms with Gasteiger partial charge in [-0.15, -0.1) is 5.12 Å². The second-order valence-corrected chi connectivity index (χ2v) is 7.26. The molecule has 31 heavy (non-hydrogen) atoms. The van der Waals surface area contributed by atoms with Gasteiger partial charge < -0.3 is 5.32 Å². The molecule has 2 heterocycles. The first-order valence-corrected chi connectivity index (χ1v) is 10.3. The highest BCUT2D eigenvalue weighted by atomic mass is 19.1. The van der Waals surface area contributed by atoms with Crippen LogP contribution >= 0.6 is 0 Å². The smallest absolute Gasteiger partial charge is 0.127 e. The molecule has 0 spiro atoms. The Morgan fingerprint density at radius 2 is 1.81 bits per heavy atom. The van der Waals surface area contributed by atoms with Gasteiger partial charge >= 0.3 is 0 Å². The summed E-state index contributed by atoms with van der Waals surface area (Å²) in [6, 6.07) is 20.7. The van der Waals surface area contributed by atoms with Gasteiger partial charge in [0.25, 0.3) is 0 Å². The number of aromatic nitrogens is 1. The summed E-state index contributed by atoms with van der Waals surface area (Å²) < 4.78 is 13.5. The van der Waals surface area contributed by atoms with Crippen molar-refractivity contribution in [3.63, 3.8) is 0 Å². The third kappa shape index (κ3) is 4.52. The maximum Gasteiger partial charge on any atom is 0.127 e. The lowest BCUT2D eigenvalue weighted by Crippen LogP contribution is -2.39. The molecule has 1 aromatic heterocycles. The summed E-state index contributed by atoms with van der Waals surface area (Å²) in [6.07, 6.45) is 1.77. The summed E-state index contributed by atoms with van der Waals surface area (Å²) >= 11 is 0. The van der Waals surface area contributed by atoms with Gasteiger partial charge in [0, 0.05) is 30.4 Å². The average Bonchev–Trinajstić information content (AvgIpc) is 3.11. The number of rotatable bonds is 7. The van der Waals surface area contributed by atoms with Crippen molar-refractivity contribution in [2.45, 2.75) is 19.9 Å². The highest BCUT2D eigenvalue weighted by Gasteiger charge is 2.30. The van der Waals surface area contributed by atoms with Gasteiger partial charge in [-0.25, -0.2) is 9.37 Å². The van der Waals surface area contributed by atoms with Gasteiger partial charge in [0.05, 0.1) is 12.3 Å². The van der Waals surface area contributed by atoms with Crippen LogP contribution in [0.15, 0.2) is 72.9 Å². The van der Waals surface area contributed by atoms with Crippen LogP contribution in [0.4, 0.5) is 10.2 Å². The van der Waals surface area contributed by atoms with Crippen LogP contribution in [0.25, 0.3) is 11.4 Å². The van der Waals surface area contributed by atoms with Gasteiger partial charge in [-0.05, 0) is 55.8 Å². The summed E-state index contributed by atoms with van der Waals surface area (Å²) in [5.74, 6) is 0.482. The van der Waals surface area contributed by atoms with Crippen LogP contribution in [-0.2, 0) is 4.84 Å². The topological polar surface area (TPSA) is 52.7 Å². The van der Waals surface area contributed by atoms with Crippen molar-refractivity contribution in [3.8, 4) is 0 Å². The number of nitrogens with one attached hydrogen (secondary N) is 2. The van der Waals surface area contributed by atoms with E-state index in [0.29, 0.717) is 6.61 Å². The molecule has 2 N–H and O–H groups in total. The molecule has 0 radical (unpaired) electrons. The maximum absolute atomic E-state index is 13.5. The van der Waals surface area contributed by atoms with E-state index >= 15 is 0 Å². The molecular formula is C24H26FN5O. The quantitative estimate of drug-likeness (QED) is 0.572. The largest absolute Gasteiger partial charge is 0.364 e. The Balaban J connectivity index is 1.71. The second-order valence-electron chi connectivity index (χ2n) is 7.26. The Bertz CT molecular complexity index is 1060. The lowest BCUT2D eigenvalue weighted by Gasteiger charge is -2.26. The first kappa shape index (κ1) is 20.8. The summed E-state index contributed by atoms with van der Waals surface area (Å²) in [5, 5.41) is 6.93. The average molecular weight is 420 g/mol. The highest BCUT2D eigenvalue weighted by Crippen LogP contribution is 2.34. The van der Waals surface area contributed by atoms with Crippen molar-refractivity contribution >= 4 is 17.2 Å². The molecule has 1 atom stereocenters. The van der Waals surface area contributed by atoms with E-state index in [1.165, 1.54) is 17.7 Å². The Labute approximate surface area is 181 Å². The molecule has 1 unspecified atom stereocenters. The van der Waals surface area contributed by atoms with Crippen LogP contribution in [-0.4, -0.2) is 28.9 Å². The lowest BCUT2D eigenvalue weighted by atomic mass is 10.1. The minimum Gasteiger partial charge on any atom is -0.364 e. The molecular weight excluding hydrogens is 393 g/mol. The normalized spacial score (nSPS) is 15.2. The Morgan fingerprint density at radius 3 is 2.52 bits per heavy atom. The number of hydroxylamine groups is 1. The van der Waals surface area contributed by atoms with Crippen molar-refractivity contribution in [2.24, 2.45) is 0 Å². The molecule has 0 fully saturated rings. The second kappa shape index (κ2) is 9.16. The predicted molar refractivity (Wildman–Crippen MR) is 120 cm³/mol. The Kier molecular flexibility index (Phi) is 6.16. The zero-order chi connectivity index (χ0) is 21.8. The number of nitrogens with zero attached hydrogens (tertiary/aromatic N) is 3. The summed E-state index contributed by atoms with van der Waals surface area (Å²) in [5.41, 5.74) is 7.92. The van der Waals surface area contributed by atoms with Crippen LogP contribution in [0.3, 0.4) is 0 Å². The molecule has 3 aromatic rings. The number of hydrazine groups is 2. The van der Waals surface area contributed by atoms with Crippen LogP contribution in [0, 0.1) is 5.82 Å². The molecule has 0 bridgehead atoms. The Hall–Kier alpha value is -3.42. The number of hydrogen-bond donors (Lipinski definition) is 2. The first-order valence-electron chi connectivity index (χ1n) is 10.3. The van der Waals surface area contributed by atoms with E-state index in [2.05, 4.69) is 34.8 Å². The summed E-state index contributed by atoms with van der Waals surface area (Å²) in [7, 11) is 1.87. The van der Waals surface area contributed by atoms with E-state index in [9.17, 15) is 4.39 Å². The molecule has 1 aliphatic rings. The van der Waals surface area contributed by atoms with E-state index in [-0.39, 0.29) is 11.9 Å². The standard InChI is InChI=1S/C24H26FN5O/c1-4-31-30-24(23(28-29(30)3)19-10-12-21(25)13-11-19)20-14-15-26-22(16-20)27-17(2)18-8-6-5-7-9-18/h5-17,28H,4H2,1-3H3,(H,26,27). The SMILES string of the molecule is CCON1C(c2ccnc(NC(C)c3ccccc3)c2)=C(c2ccc(F)cc2)NN1C. The van der Waals surface area contributed by atoms with Gasteiger partial charge in [-0.3, -0.25) is 10.3 Å². The number of anilines is 1. The number of halogens is 1. The molecule has 2 aromatic carbocycles. The number of hydrogen-bond acceptors (Lipinski definition) is 6. The lowest BCUT2D eigenvalue weighted by molar-refractivity contribution is -0.230. The fourth-order valence-electron chi connectivity index (χ4n) is 3.56. The Morgan fingerprint density at radius 1 is 1.06 bits per heavy atom. The predicted octanol–water partition coefficient (Wildman–Crippen LogP) is 4.84. The van der Waals surface area contributed by atoms with Crippen LogP contribution in [0.5, 0.6) is 0 Å². The minimum atomic E-state index is -0.274. The van der Waals surface area contributed by atoms with Crippen molar-refractivity contribution in [2.75, 3.05) is 19.0 Å². The van der Waals surface area contributed by atoms with E-state index in [4.69, 9.17) is 4.84 Å². The molecule has 0 aliphatic carbocycles. The molecule has 0 saturated carbocycles. The third-order valence-electron chi connectivity index (χ3n) is 5.06. The maximum atomic E-state index is 13.5. The van der Waals surface area contributed by atoms with Crippen LogP contribution in [0.1, 0.15) is 36.6 Å². The van der Waals surface area contributed by atoms with Gasteiger partial charge in [0.1, 0.15) is 17.3 Å². The molecule has 1 aliphatic heterocycles. The number of pyridine rings is 1. The molecule has 160 valence electrons. The molecule has 4 rings (SSSR count). The fourth-order valence-corrected chi connectivity index (χ4v) is 3.56. The monoisotopic (exact) mass is 419 g/mol. The third-order valence-corrected chi connectivity index (χ3v) is 5.06. The molecule has 0 saturated heterocycles. The van der Waals surface area contributed by atoms with Crippen molar-refractivity contribution in [3.05, 3.63) is 95.4 Å². The fraction of sp³-hybridized carbons (Fsp3) is 0.208. The van der Waals surface area contributed by atoms with Crippen LogP contribution in [0.2, 0.25) is 0 Å². The van der Waals surface area contributed by atoms with E-state index in [1.807, 2.05) is 44.3 Å². The highest BCUT2D eigenvalue weighted by molar-refractivity contribution is 5.90. The summed E-state index contributed by atoms with van der Waals surface area (Å²) in [4.78, 5) is 10.4. The molecule has 6 nitrogen and oxygen atoms in total. The van der Waals surface area contributed by atoms with Crippen LogP contribution < -0.4 is 10.7 Å². The van der Waals surface area contributed by atoms with Gasteiger partial charge in [0.2, 0.25) is 0 Å². The van der Waals surface area contributed by atoms with Gasteiger partial charge in [0.15, 0.2) is 0 Å². The van der Waals surface area contributed by atoms with Crippen molar-refractivity contribution in [1.29, 1.82) is 0 Å². The van der Waals surface area contributed by atoms with E-state index in [1.54, 1.807) is 28.6 Å². The zero-order valence-electron chi connectivity index (χ0n) is 17.8.